The Hall–Kier alpha value is -1.28. The third-order valence-corrected chi connectivity index (χ3v) is 12.5. The van der Waals surface area contributed by atoms with Crippen LogP contribution in [0.4, 0.5) is 0 Å². The number of likely N-dealkylation sites (N-methyl/N-ethyl adjacent to an activating group) is 2. The van der Waals surface area contributed by atoms with Crippen molar-refractivity contribution < 1.29 is 19.1 Å². The minimum absolute atomic E-state index is 0.0130. The Labute approximate surface area is 353 Å². The minimum atomic E-state index is -0.546. The number of nitrogens with zero attached hydrogens (tertiary/aromatic N) is 2. The van der Waals surface area contributed by atoms with Gasteiger partial charge in [0, 0.05) is 31.8 Å². The van der Waals surface area contributed by atoms with Crippen LogP contribution in [0.1, 0.15) is 220 Å². The molecule has 0 fully saturated rings. The first-order chi connectivity index (χ1) is 27.2. The molecule has 332 valence electrons. The van der Waals surface area contributed by atoms with E-state index in [1.807, 2.05) is 21.1 Å². The van der Waals surface area contributed by atoms with Crippen LogP contribution in [0.2, 0.25) is 0 Å². The summed E-state index contributed by atoms with van der Waals surface area (Å²) in [7, 11) is 5.88. The molecule has 0 aliphatic rings. The van der Waals surface area contributed by atoms with Crippen molar-refractivity contribution in [1.82, 2.24) is 15.1 Å². The third-order valence-electron chi connectivity index (χ3n) is 11.5. The predicted molar refractivity (Wildman–Crippen MR) is 245 cm³/mol. The van der Waals surface area contributed by atoms with Crippen molar-refractivity contribution in [2.24, 2.45) is 11.8 Å². The molecule has 3 unspecified atom stereocenters. The fourth-order valence-electron chi connectivity index (χ4n) is 7.50. The highest BCUT2D eigenvalue weighted by atomic mass is 32.2. The Morgan fingerprint density at radius 3 is 1.43 bits per heavy atom. The maximum Gasteiger partial charge on any atom is 0.306 e. The van der Waals surface area contributed by atoms with E-state index in [2.05, 4.69) is 37.9 Å². The van der Waals surface area contributed by atoms with Crippen LogP contribution in [-0.2, 0) is 19.1 Å². The lowest BCUT2D eigenvalue weighted by Crippen LogP contribution is -2.50. The Balaban J connectivity index is 5.19. The van der Waals surface area contributed by atoms with E-state index in [1.165, 1.54) is 141 Å². The first-order valence-electron chi connectivity index (χ1n) is 24.1. The second kappa shape index (κ2) is 40.5. The summed E-state index contributed by atoms with van der Waals surface area (Å²) in [5.41, 5.74) is 0. The monoisotopic (exact) mass is 810 g/mol. The second-order valence-corrected chi connectivity index (χ2v) is 18.5. The van der Waals surface area contributed by atoms with Gasteiger partial charge in [-0.3, -0.25) is 14.4 Å². The zero-order chi connectivity index (χ0) is 41.5. The summed E-state index contributed by atoms with van der Waals surface area (Å²) >= 11 is 1.69. The van der Waals surface area contributed by atoms with Gasteiger partial charge in [0.1, 0.15) is 6.04 Å². The molecule has 2 amide bonds. The maximum atomic E-state index is 13.9. The normalized spacial score (nSPS) is 13.1. The summed E-state index contributed by atoms with van der Waals surface area (Å²) in [6.45, 7) is 11.0. The molecule has 0 spiro atoms. The number of hydrogen-bond donors (Lipinski definition) is 1. The maximum absolute atomic E-state index is 13.9. The van der Waals surface area contributed by atoms with Crippen LogP contribution in [-0.4, -0.2) is 86.0 Å². The van der Waals surface area contributed by atoms with Gasteiger partial charge in [0.2, 0.25) is 11.8 Å². The first-order valence-corrected chi connectivity index (χ1v) is 25.3. The van der Waals surface area contributed by atoms with E-state index >= 15 is 0 Å². The molecule has 0 saturated carbocycles. The van der Waals surface area contributed by atoms with Gasteiger partial charge in [-0.25, -0.2) is 0 Å². The lowest BCUT2D eigenvalue weighted by molar-refractivity contribution is -0.144. The molecular weight excluding hydrogens is 715 g/mol. The SMILES string of the molecule is CCCCCCCCCCC(CCCCCCCC)C(=O)NC(CCSCCC(=O)OCC(CCCCCC)CCCCCCCC)C(=O)N(C)CCN(C)C. The minimum Gasteiger partial charge on any atom is -0.465 e. The second-order valence-electron chi connectivity index (χ2n) is 17.2. The number of carbonyl (C=O) groups excluding carboxylic acids is 3. The van der Waals surface area contributed by atoms with E-state index in [9.17, 15) is 14.4 Å². The number of esters is 1. The average molecular weight is 810 g/mol. The van der Waals surface area contributed by atoms with Crippen LogP contribution in [0.15, 0.2) is 0 Å². The Bertz CT molecular complexity index is 904. The molecule has 0 aliphatic heterocycles. The average Bonchev–Trinajstić information content (AvgIpc) is 3.18. The van der Waals surface area contributed by atoms with Crippen molar-refractivity contribution in [3.05, 3.63) is 0 Å². The van der Waals surface area contributed by atoms with Crippen molar-refractivity contribution >= 4 is 29.5 Å². The fraction of sp³-hybridized carbons (Fsp3) is 0.938. The summed E-state index contributed by atoms with van der Waals surface area (Å²) < 4.78 is 5.83. The zero-order valence-electron chi connectivity index (χ0n) is 38.4. The molecule has 0 aliphatic carbocycles. The topological polar surface area (TPSA) is 78.9 Å². The molecule has 0 heterocycles. The van der Waals surface area contributed by atoms with Crippen molar-refractivity contribution in [3.63, 3.8) is 0 Å². The smallest absolute Gasteiger partial charge is 0.306 e. The third kappa shape index (κ3) is 33.7. The lowest BCUT2D eigenvalue weighted by Gasteiger charge is -2.27. The number of nitrogens with one attached hydrogen (secondary N) is 1. The van der Waals surface area contributed by atoms with Crippen molar-refractivity contribution in [2.45, 2.75) is 226 Å². The summed E-state index contributed by atoms with van der Waals surface area (Å²) in [5.74, 6) is 1.74. The summed E-state index contributed by atoms with van der Waals surface area (Å²) in [6.07, 6.45) is 35.2. The molecule has 0 radical (unpaired) electrons. The van der Waals surface area contributed by atoms with Crippen LogP contribution in [0.25, 0.3) is 0 Å². The van der Waals surface area contributed by atoms with Crippen molar-refractivity contribution in [1.29, 1.82) is 0 Å². The Morgan fingerprint density at radius 1 is 0.536 bits per heavy atom. The highest BCUT2D eigenvalue weighted by Gasteiger charge is 2.27. The Morgan fingerprint density at radius 2 is 0.964 bits per heavy atom. The van der Waals surface area contributed by atoms with Gasteiger partial charge in [-0.15, -0.1) is 0 Å². The van der Waals surface area contributed by atoms with Crippen molar-refractivity contribution in [3.8, 4) is 0 Å². The van der Waals surface area contributed by atoms with Crippen LogP contribution in [0.5, 0.6) is 0 Å². The van der Waals surface area contributed by atoms with Gasteiger partial charge in [0.25, 0.3) is 0 Å². The van der Waals surface area contributed by atoms with E-state index in [4.69, 9.17) is 4.74 Å². The molecule has 0 aromatic heterocycles. The number of rotatable bonds is 42. The summed E-state index contributed by atoms with van der Waals surface area (Å²) in [4.78, 5) is 44.3. The van der Waals surface area contributed by atoms with E-state index < -0.39 is 6.04 Å². The molecule has 3 atom stereocenters. The first kappa shape index (κ1) is 54.7. The van der Waals surface area contributed by atoms with E-state index in [-0.39, 0.29) is 23.7 Å². The number of thioether (sulfide) groups is 1. The molecule has 8 heteroatoms. The quantitative estimate of drug-likeness (QED) is 0.0489. The lowest BCUT2D eigenvalue weighted by atomic mass is 9.92. The number of carbonyl (C=O) groups is 3. The van der Waals surface area contributed by atoms with Gasteiger partial charge in [0.15, 0.2) is 0 Å². The van der Waals surface area contributed by atoms with Crippen LogP contribution in [0, 0.1) is 11.8 Å². The van der Waals surface area contributed by atoms with E-state index in [0.717, 1.165) is 45.1 Å². The molecule has 0 bridgehead atoms. The Kier molecular flexibility index (Phi) is 39.6. The molecule has 0 aromatic rings. The van der Waals surface area contributed by atoms with Gasteiger partial charge in [-0.1, -0.05) is 182 Å². The van der Waals surface area contributed by atoms with E-state index in [1.54, 1.807) is 16.7 Å². The summed E-state index contributed by atoms with van der Waals surface area (Å²) in [6, 6.07) is -0.546. The van der Waals surface area contributed by atoms with Gasteiger partial charge in [-0.05, 0) is 57.9 Å². The molecule has 0 aromatic carbocycles. The predicted octanol–water partition coefficient (Wildman–Crippen LogP) is 12.8. The van der Waals surface area contributed by atoms with Crippen LogP contribution >= 0.6 is 11.8 Å². The number of ether oxygens (including phenoxy) is 1. The van der Waals surface area contributed by atoms with Gasteiger partial charge >= 0.3 is 5.97 Å². The molecule has 0 saturated heterocycles. The van der Waals surface area contributed by atoms with Crippen molar-refractivity contribution in [2.75, 3.05) is 52.3 Å². The fourth-order valence-corrected chi connectivity index (χ4v) is 8.42. The molecule has 0 rings (SSSR count). The standard InChI is InChI=1S/C48H95N3O4S/c1-8-12-16-20-23-24-27-31-35-44(34-30-26-22-18-14-10-3)47(53)49-45(48(54)51(7)39-38-50(5)6)36-40-56-41-37-46(52)55-42-43(32-28-19-15-11-4)33-29-25-21-17-13-9-2/h43-45H,8-42H2,1-7H3,(H,49,53). The highest BCUT2D eigenvalue weighted by molar-refractivity contribution is 7.99. The van der Waals surface area contributed by atoms with Gasteiger partial charge < -0.3 is 19.9 Å². The van der Waals surface area contributed by atoms with Gasteiger partial charge in [0.05, 0.1) is 13.0 Å². The molecule has 1 N–H and O–H groups in total. The number of unbranched alkanes of at least 4 members (excludes halogenated alkanes) is 20. The van der Waals surface area contributed by atoms with Gasteiger partial charge in [-0.2, -0.15) is 11.8 Å². The number of hydrogen-bond acceptors (Lipinski definition) is 6. The summed E-state index contributed by atoms with van der Waals surface area (Å²) in [5, 5.41) is 3.26. The zero-order valence-corrected chi connectivity index (χ0v) is 39.2. The van der Waals surface area contributed by atoms with E-state index in [0.29, 0.717) is 43.4 Å². The molecular formula is C48H95N3O4S. The largest absolute Gasteiger partial charge is 0.465 e. The molecule has 56 heavy (non-hydrogen) atoms. The molecule has 7 nitrogen and oxygen atoms in total. The highest BCUT2D eigenvalue weighted by Crippen LogP contribution is 2.22. The van der Waals surface area contributed by atoms with Crippen LogP contribution < -0.4 is 5.32 Å². The number of amides is 2. The van der Waals surface area contributed by atoms with Crippen LogP contribution in [0.3, 0.4) is 0 Å².